The van der Waals surface area contributed by atoms with Crippen molar-refractivity contribution < 1.29 is 21.6 Å². The van der Waals surface area contributed by atoms with Crippen LogP contribution in [0.2, 0.25) is 0 Å². The molecule has 0 amide bonds. The van der Waals surface area contributed by atoms with Gasteiger partial charge in [0.05, 0.1) is 22.8 Å². The van der Waals surface area contributed by atoms with E-state index in [0.717, 1.165) is 63.2 Å². The predicted molar refractivity (Wildman–Crippen MR) is 130 cm³/mol. The highest BCUT2D eigenvalue weighted by atomic mass is 32.2. The molecule has 1 spiro atoms. The van der Waals surface area contributed by atoms with Crippen molar-refractivity contribution >= 4 is 9.84 Å². The zero-order valence-electron chi connectivity index (χ0n) is 20.7. The summed E-state index contributed by atoms with van der Waals surface area (Å²) in [4.78, 5) is 6.40. The Balaban J connectivity index is 1.21. The third-order valence-corrected chi connectivity index (χ3v) is 11.1. The third-order valence-electron chi connectivity index (χ3n) is 9.22. The Morgan fingerprint density at radius 2 is 1.89 bits per heavy atom. The maximum Gasteiger partial charge on any atom is 0.417 e. The molecule has 2 aromatic heterocycles. The number of pyridine rings is 1. The van der Waals surface area contributed by atoms with Gasteiger partial charge in [0.25, 0.3) is 0 Å². The number of rotatable bonds is 4. The van der Waals surface area contributed by atoms with Crippen molar-refractivity contribution in [1.29, 1.82) is 0 Å². The van der Waals surface area contributed by atoms with Crippen molar-refractivity contribution in [2.24, 2.45) is 17.3 Å². The van der Waals surface area contributed by atoms with Gasteiger partial charge >= 0.3 is 6.18 Å². The van der Waals surface area contributed by atoms with Crippen LogP contribution in [-0.4, -0.2) is 58.7 Å². The minimum Gasteiger partial charge on any atom is -0.299 e. The van der Waals surface area contributed by atoms with E-state index in [2.05, 4.69) is 23.7 Å². The van der Waals surface area contributed by atoms with E-state index in [1.807, 2.05) is 10.7 Å². The zero-order valence-corrected chi connectivity index (χ0v) is 21.5. The van der Waals surface area contributed by atoms with Gasteiger partial charge in [-0.15, -0.1) is 0 Å². The second-order valence-corrected chi connectivity index (χ2v) is 14.1. The predicted octanol–water partition coefficient (Wildman–Crippen LogP) is 4.94. The van der Waals surface area contributed by atoms with E-state index in [-0.39, 0.29) is 11.5 Å². The molecule has 2 aromatic rings. The van der Waals surface area contributed by atoms with Crippen molar-refractivity contribution in [1.82, 2.24) is 19.7 Å². The summed E-state index contributed by atoms with van der Waals surface area (Å²) >= 11 is 0. The van der Waals surface area contributed by atoms with Gasteiger partial charge in [-0.3, -0.25) is 14.6 Å². The first-order valence-corrected chi connectivity index (χ1v) is 14.8. The Labute approximate surface area is 210 Å². The SMILES string of the molecule is CC(C)n1nc(-c2cncc(C(F)(F)F)c2)cc1[C@@H]1CC2C[C@H]1C[C@H]2N1CC[C@]2(CCS(=O)(=O)C2)C1. The van der Waals surface area contributed by atoms with Gasteiger partial charge in [-0.2, -0.15) is 18.3 Å². The van der Waals surface area contributed by atoms with E-state index in [4.69, 9.17) is 5.10 Å². The average Bonchev–Trinajstić information content (AvgIpc) is 3.61. The summed E-state index contributed by atoms with van der Waals surface area (Å²) in [6.07, 6.45) is 2.95. The lowest BCUT2D eigenvalue weighted by Gasteiger charge is -2.35. The molecule has 0 radical (unpaired) electrons. The number of hydrogen-bond acceptors (Lipinski definition) is 5. The average molecular weight is 523 g/mol. The van der Waals surface area contributed by atoms with Crippen LogP contribution in [-0.2, 0) is 16.0 Å². The normalized spacial score (nSPS) is 33.9. The van der Waals surface area contributed by atoms with Crippen LogP contribution in [0.3, 0.4) is 0 Å². The quantitative estimate of drug-likeness (QED) is 0.569. The standard InChI is InChI=1S/C26H33F3N4O2S/c1-16(2)33-24(11-22(31-33)19-8-20(13-30-12-19)26(27,28)29)21-9-18-7-17(21)10-23(18)32-5-3-25(14-32)4-6-36(34,35)15-25/h8,11-13,16-18,21,23H,3-7,9-10,14-15H2,1-2H3/t17-,18?,21+,23+,25-/m0/s1. The monoisotopic (exact) mass is 522 g/mol. The highest BCUT2D eigenvalue weighted by Gasteiger charge is 2.53. The summed E-state index contributed by atoms with van der Waals surface area (Å²) in [6.45, 7) is 6.01. The van der Waals surface area contributed by atoms with Crippen LogP contribution >= 0.6 is 0 Å². The van der Waals surface area contributed by atoms with E-state index >= 15 is 0 Å². The zero-order chi connectivity index (χ0) is 25.5. The van der Waals surface area contributed by atoms with E-state index < -0.39 is 21.6 Å². The van der Waals surface area contributed by atoms with Gasteiger partial charge in [0.15, 0.2) is 9.84 Å². The van der Waals surface area contributed by atoms with Crippen molar-refractivity contribution in [3.8, 4) is 11.3 Å². The van der Waals surface area contributed by atoms with Crippen LogP contribution in [0.4, 0.5) is 13.2 Å². The molecule has 4 fully saturated rings. The summed E-state index contributed by atoms with van der Waals surface area (Å²) in [5, 5.41) is 4.73. The number of nitrogens with zero attached hydrogens (tertiary/aromatic N) is 4. The molecule has 0 N–H and O–H groups in total. The number of aromatic nitrogens is 3. The molecule has 2 bridgehead atoms. The first-order valence-electron chi connectivity index (χ1n) is 13.0. The molecule has 10 heteroatoms. The number of fused-ring (bicyclic) bond motifs is 2. The highest BCUT2D eigenvalue weighted by Crippen LogP contribution is 2.56. The van der Waals surface area contributed by atoms with Gasteiger partial charge < -0.3 is 0 Å². The lowest BCUT2D eigenvalue weighted by atomic mass is 9.82. The van der Waals surface area contributed by atoms with Gasteiger partial charge in [-0.25, -0.2) is 8.42 Å². The fourth-order valence-electron chi connectivity index (χ4n) is 7.59. The van der Waals surface area contributed by atoms with Crippen LogP contribution in [0, 0.1) is 17.3 Å². The van der Waals surface area contributed by atoms with Crippen molar-refractivity contribution in [3.05, 3.63) is 35.8 Å². The summed E-state index contributed by atoms with van der Waals surface area (Å²) in [6, 6.07) is 3.72. The van der Waals surface area contributed by atoms with Crippen molar-refractivity contribution in [2.75, 3.05) is 24.6 Å². The number of halogens is 3. The first kappa shape index (κ1) is 24.4. The minimum absolute atomic E-state index is 0.0375. The number of hydrogen-bond donors (Lipinski definition) is 0. The van der Waals surface area contributed by atoms with E-state index in [1.54, 1.807) is 0 Å². The van der Waals surface area contributed by atoms with Crippen molar-refractivity contribution in [3.63, 3.8) is 0 Å². The Morgan fingerprint density at radius 3 is 2.53 bits per heavy atom. The second kappa shape index (κ2) is 8.28. The third kappa shape index (κ3) is 4.18. The smallest absolute Gasteiger partial charge is 0.299 e. The van der Waals surface area contributed by atoms with Gasteiger partial charge in [-0.1, -0.05) is 0 Å². The molecular weight excluding hydrogens is 489 g/mol. The molecule has 5 atom stereocenters. The van der Waals surface area contributed by atoms with Crippen LogP contribution in [0.25, 0.3) is 11.3 Å². The van der Waals surface area contributed by atoms with Crippen LogP contribution in [0.5, 0.6) is 0 Å². The van der Waals surface area contributed by atoms with Crippen LogP contribution in [0.15, 0.2) is 24.5 Å². The fourth-order valence-corrected chi connectivity index (χ4v) is 9.79. The molecule has 36 heavy (non-hydrogen) atoms. The molecule has 4 aliphatic rings. The first-order chi connectivity index (χ1) is 16.9. The Hall–Kier alpha value is -1.94. The molecule has 2 saturated heterocycles. The minimum atomic E-state index is -4.44. The fraction of sp³-hybridized carbons (Fsp3) is 0.692. The van der Waals surface area contributed by atoms with Gasteiger partial charge in [0.2, 0.25) is 0 Å². The lowest BCUT2D eigenvalue weighted by molar-refractivity contribution is -0.137. The van der Waals surface area contributed by atoms with Crippen LogP contribution < -0.4 is 0 Å². The summed E-state index contributed by atoms with van der Waals surface area (Å²) in [7, 11) is -2.89. The number of sulfone groups is 1. The van der Waals surface area contributed by atoms with Crippen molar-refractivity contribution in [2.45, 2.75) is 70.1 Å². The molecule has 2 aliphatic carbocycles. The van der Waals surface area contributed by atoms with Gasteiger partial charge in [-0.05, 0) is 81.9 Å². The molecule has 4 heterocycles. The molecule has 6 nitrogen and oxygen atoms in total. The number of likely N-dealkylation sites (tertiary alicyclic amines) is 1. The molecule has 6 rings (SSSR count). The van der Waals surface area contributed by atoms with E-state index in [0.29, 0.717) is 46.6 Å². The molecule has 0 aromatic carbocycles. The van der Waals surface area contributed by atoms with Crippen LogP contribution in [0.1, 0.15) is 69.2 Å². The Morgan fingerprint density at radius 1 is 1.08 bits per heavy atom. The largest absolute Gasteiger partial charge is 0.417 e. The summed E-state index contributed by atoms with van der Waals surface area (Å²) in [5.74, 6) is 2.12. The molecule has 1 unspecified atom stereocenters. The molecular formula is C26H33F3N4O2S. The van der Waals surface area contributed by atoms with E-state index in [9.17, 15) is 21.6 Å². The summed E-state index contributed by atoms with van der Waals surface area (Å²) in [5.41, 5.74) is 1.25. The molecule has 2 saturated carbocycles. The highest BCUT2D eigenvalue weighted by molar-refractivity contribution is 7.91. The van der Waals surface area contributed by atoms with Gasteiger partial charge in [0.1, 0.15) is 0 Å². The maximum atomic E-state index is 13.2. The topological polar surface area (TPSA) is 68.1 Å². The number of alkyl halides is 3. The molecule has 2 aliphatic heterocycles. The van der Waals surface area contributed by atoms with Gasteiger partial charge in [0, 0.05) is 48.2 Å². The Kier molecular flexibility index (Phi) is 5.61. The Bertz CT molecular complexity index is 1270. The van der Waals surface area contributed by atoms with E-state index in [1.165, 1.54) is 6.20 Å². The lowest BCUT2D eigenvalue weighted by Crippen LogP contribution is -2.40. The summed E-state index contributed by atoms with van der Waals surface area (Å²) < 4.78 is 66.0. The maximum absolute atomic E-state index is 13.2. The second-order valence-electron chi connectivity index (χ2n) is 11.9. The molecule has 196 valence electrons.